The van der Waals surface area contributed by atoms with E-state index in [-0.39, 0.29) is 0 Å². The number of hydrogen-bond donors (Lipinski definition) is 0. The molecule has 1 saturated heterocycles. The summed E-state index contributed by atoms with van der Waals surface area (Å²) in [5.74, 6) is 0. The SMILES string of the molecule is CCc1nc(N2CC(C)SC(C)C2)sc1C=O. The van der Waals surface area contributed by atoms with Crippen LogP contribution in [0.4, 0.5) is 5.13 Å². The molecule has 1 fully saturated rings. The highest BCUT2D eigenvalue weighted by molar-refractivity contribution is 8.00. The first-order valence-corrected chi connectivity index (χ1v) is 7.75. The molecule has 0 aromatic carbocycles. The molecule has 2 heterocycles. The quantitative estimate of drug-likeness (QED) is 0.791. The molecule has 0 bridgehead atoms. The number of rotatable bonds is 3. The lowest BCUT2D eigenvalue weighted by molar-refractivity contribution is 0.112. The number of thioether (sulfide) groups is 1. The van der Waals surface area contributed by atoms with Crippen molar-refractivity contribution in [2.75, 3.05) is 18.0 Å². The van der Waals surface area contributed by atoms with Crippen molar-refractivity contribution in [3.05, 3.63) is 10.6 Å². The maximum Gasteiger partial charge on any atom is 0.186 e. The van der Waals surface area contributed by atoms with Gasteiger partial charge in [0.1, 0.15) is 0 Å². The van der Waals surface area contributed by atoms with Crippen molar-refractivity contribution in [2.24, 2.45) is 0 Å². The predicted octanol–water partition coefficient (Wildman–Crippen LogP) is 2.85. The second-order valence-corrected chi connectivity index (χ2v) is 7.33. The van der Waals surface area contributed by atoms with Gasteiger partial charge in [0, 0.05) is 23.6 Å². The third kappa shape index (κ3) is 2.83. The Labute approximate surface area is 111 Å². The average molecular weight is 270 g/mol. The van der Waals surface area contributed by atoms with E-state index in [0.717, 1.165) is 41.5 Å². The van der Waals surface area contributed by atoms with Crippen LogP contribution in [0.15, 0.2) is 0 Å². The predicted molar refractivity (Wildman–Crippen MR) is 75.6 cm³/mol. The number of thiazole rings is 1. The Morgan fingerprint density at radius 1 is 1.41 bits per heavy atom. The second kappa shape index (κ2) is 5.40. The van der Waals surface area contributed by atoms with Gasteiger partial charge in [-0.2, -0.15) is 11.8 Å². The Kier molecular flexibility index (Phi) is 4.09. The molecule has 0 aliphatic carbocycles. The van der Waals surface area contributed by atoms with Crippen LogP contribution in [0.3, 0.4) is 0 Å². The molecule has 5 heteroatoms. The minimum atomic E-state index is 0.632. The summed E-state index contributed by atoms with van der Waals surface area (Å²) >= 11 is 3.56. The largest absolute Gasteiger partial charge is 0.346 e. The number of anilines is 1. The topological polar surface area (TPSA) is 33.2 Å². The van der Waals surface area contributed by atoms with Gasteiger partial charge in [-0.3, -0.25) is 4.79 Å². The highest BCUT2D eigenvalue weighted by Gasteiger charge is 2.25. The molecule has 0 spiro atoms. The molecule has 2 atom stereocenters. The van der Waals surface area contributed by atoms with Crippen LogP contribution in [-0.2, 0) is 6.42 Å². The summed E-state index contributed by atoms with van der Waals surface area (Å²) in [5, 5.41) is 2.28. The van der Waals surface area contributed by atoms with Gasteiger partial charge in [0.2, 0.25) is 0 Å². The van der Waals surface area contributed by atoms with Crippen LogP contribution in [0.1, 0.15) is 36.1 Å². The van der Waals surface area contributed by atoms with Gasteiger partial charge < -0.3 is 4.90 Å². The molecule has 17 heavy (non-hydrogen) atoms. The first kappa shape index (κ1) is 12.9. The van der Waals surface area contributed by atoms with Crippen LogP contribution >= 0.6 is 23.1 Å². The lowest BCUT2D eigenvalue weighted by Gasteiger charge is -2.34. The van der Waals surface area contributed by atoms with E-state index in [1.807, 2.05) is 18.7 Å². The summed E-state index contributed by atoms with van der Waals surface area (Å²) in [4.78, 5) is 18.7. The molecule has 2 unspecified atom stereocenters. The lowest BCUT2D eigenvalue weighted by Crippen LogP contribution is -2.40. The summed E-state index contributed by atoms with van der Waals surface area (Å²) in [7, 11) is 0. The van der Waals surface area contributed by atoms with Crippen LogP contribution in [0.25, 0.3) is 0 Å². The molecule has 1 aliphatic heterocycles. The smallest absolute Gasteiger partial charge is 0.186 e. The van der Waals surface area contributed by atoms with E-state index in [1.54, 1.807) is 0 Å². The Bertz CT molecular complexity index is 395. The van der Waals surface area contributed by atoms with Gasteiger partial charge in [0.05, 0.1) is 10.6 Å². The van der Waals surface area contributed by atoms with Crippen molar-refractivity contribution in [3.8, 4) is 0 Å². The van der Waals surface area contributed by atoms with Crippen LogP contribution < -0.4 is 4.90 Å². The van der Waals surface area contributed by atoms with E-state index in [1.165, 1.54) is 11.3 Å². The fourth-order valence-electron chi connectivity index (χ4n) is 2.17. The van der Waals surface area contributed by atoms with Gasteiger partial charge in [-0.25, -0.2) is 4.98 Å². The van der Waals surface area contributed by atoms with Gasteiger partial charge >= 0.3 is 0 Å². The fraction of sp³-hybridized carbons (Fsp3) is 0.667. The van der Waals surface area contributed by atoms with Crippen LogP contribution in [0.2, 0.25) is 0 Å². The molecule has 0 amide bonds. The normalized spacial score (nSPS) is 25.0. The van der Waals surface area contributed by atoms with Crippen molar-refractivity contribution >= 4 is 34.5 Å². The summed E-state index contributed by atoms with van der Waals surface area (Å²) in [6, 6.07) is 0. The zero-order valence-electron chi connectivity index (χ0n) is 10.5. The zero-order chi connectivity index (χ0) is 12.4. The Balaban J connectivity index is 2.21. The molecule has 94 valence electrons. The van der Waals surface area contributed by atoms with Crippen molar-refractivity contribution < 1.29 is 4.79 Å². The van der Waals surface area contributed by atoms with Crippen LogP contribution in [0, 0.1) is 0 Å². The average Bonchev–Trinajstić information content (AvgIpc) is 2.70. The number of aldehydes is 1. The summed E-state index contributed by atoms with van der Waals surface area (Å²) < 4.78 is 0. The van der Waals surface area contributed by atoms with Crippen molar-refractivity contribution in [1.82, 2.24) is 4.98 Å². The molecular weight excluding hydrogens is 252 g/mol. The van der Waals surface area contributed by atoms with Crippen molar-refractivity contribution in [1.29, 1.82) is 0 Å². The zero-order valence-corrected chi connectivity index (χ0v) is 12.1. The number of carbonyl (C=O) groups excluding carboxylic acids is 1. The summed E-state index contributed by atoms with van der Waals surface area (Å²) in [6.45, 7) is 8.61. The molecular formula is C12H18N2OS2. The van der Waals surface area contributed by atoms with Crippen LogP contribution in [-0.4, -0.2) is 34.9 Å². The second-order valence-electron chi connectivity index (χ2n) is 4.44. The summed E-state index contributed by atoms with van der Waals surface area (Å²) in [6.07, 6.45) is 1.77. The minimum absolute atomic E-state index is 0.632. The van der Waals surface area contributed by atoms with E-state index in [9.17, 15) is 4.79 Å². The Hall–Kier alpha value is -0.550. The van der Waals surface area contributed by atoms with Gasteiger partial charge in [-0.15, -0.1) is 0 Å². The standard InChI is InChI=1S/C12H18N2OS2/c1-4-10-11(7-15)17-12(13-10)14-5-8(2)16-9(3)6-14/h7-9H,4-6H2,1-3H3. The highest BCUT2D eigenvalue weighted by Crippen LogP contribution is 2.32. The molecule has 1 aliphatic rings. The fourth-order valence-corrected chi connectivity index (χ4v) is 4.48. The third-order valence-corrected chi connectivity index (χ3v) is 5.16. The van der Waals surface area contributed by atoms with Gasteiger partial charge in [-0.1, -0.05) is 32.1 Å². The van der Waals surface area contributed by atoms with Gasteiger partial charge in [0.25, 0.3) is 0 Å². The van der Waals surface area contributed by atoms with Crippen molar-refractivity contribution in [2.45, 2.75) is 37.7 Å². The van der Waals surface area contributed by atoms with Crippen LogP contribution in [0.5, 0.6) is 0 Å². The maximum atomic E-state index is 11.0. The number of carbonyl (C=O) groups is 1. The summed E-state index contributed by atoms with van der Waals surface area (Å²) in [5.41, 5.74) is 0.943. The highest BCUT2D eigenvalue weighted by atomic mass is 32.2. The Morgan fingerprint density at radius 2 is 2.06 bits per heavy atom. The number of nitrogens with zero attached hydrogens (tertiary/aromatic N) is 2. The number of aromatic nitrogens is 1. The lowest BCUT2D eigenvalue weighted by atomic mass is 10.3. The molecule has 0 radical (unpaired) electrons. The Morgan fingerprint density at radius 3 is 2.53 bits per heavy atom. The molecule has 0 saturated carbocycles. The third-order valence-electron chi connectivity index (χ3n) is 2.85. The van der Waals surface area contributed by atoms with E-state index >= 15 is 0 Å². The van der Waals surface area contributed by atoms with Crippen molar-refractivity contribution in [3.63, 3.8) is 0 Å². The molecule has 2 rings (SSSR count). The van der Waals surface area contributed by atoms with E-state index in [2.05, 4.69) is 23.7 Å². The van der Waals surface area contributed by atoms with E-state index in [4.69, 9.17) is 0 Å². The number of aryl methyl sites for hydroxylation is 1. The minimum Gasteiger partial charge on any atom is -0.346 e. The van der Waals surface area contributed by atoms with E-state index < -0.39 is 0 Å². The molecule has 3 nitrogen and oxygen atoms in total. The first-order chi connectivity index (χ1) is 8.13. The van der Waals surface area contributed by atoms with E-state index in [0.29, 0.717) is 10.5 Å². The monoisotopic (exact) mass is 270 g/mol. The van der Waals surface area contributed by atoms with Gasteiger partial charge in [-0.05, 0) is 6.42 Å². The maximum absolute atomic E-state index is 11.0. The number of hydrogen-bond acceptors (Lipinski definition) is 5. The molecule has 0 N–H and O–H groups in total. The first-order valence-electron chi connectivity index (χ1n) is 5.99. The van der Waals surface area contributed by atoms with Gasteiger partial charge in [0.15, 0.2) is 11.4 Å². The molecule has 1 aromatic heterocycles. The molecule has 1 aromatic rings.